The molecule has 0 aliphatic rings. The van der Waals surface area contributed by atoms with E-state index in [2.05, 4.69) is 10.2 Å². The molecule has 20 heavy (non-hydrogen) atoms. The average molecular weight is 323 g/mol. The number of phenolic OH excluding ortho intramolecular Hbond substituents is 2. The van der Waals surface area contributed by atoms with E-state index in [1.165, 1.54) is 36.4 Å². The van der Waals surface area contributed by atoms with Crippen LogP contribution >= 0.6 is 0 Å². The fourth-order valence-corrected chi connectivity index (χ4v) is 1.35. The quantitative estimate of drug-likeness (QED) is 0.390. The second-order valence-electron chi connectivity index (χ2n) is 3.65. The van der Waals surface area contributed by atoms with Crippen LogP contribution < -0.4 is 0 Å². The van der Waals surface area contributed by atoms with E-state index in [0.29, 0.717) is 5.69 Å². The first-order valence-corrected chi connectivity index (χ1v) is 5.24. The van der Waals surface area contributed by atoms with Crippen LogP contribution in [0.5, 0.6) is 11.5 Å². The summed E-state index contributed by atoms with van der Waals surface area (Å²) in [6.45, 7) is 0. The fraction of sp³-hybridized carbons (Fsp3) is 0. The first-order chi connectivity index (χ1) is 9.06. The molecule has 0 bridgehead atoms. The van der Waals surface area contributed by atoms with E-state index in [0.717, 1.165) is 6.07 Å². The van der Waals surface area contributed by atoms with Crippen LogP contribution in [0.3, 0.4) is 0 Å². The number of hydrogen-bond donors (Lipinski definition) is 2. The van der Waals surface area contributed by atoms with Gasteiger partial charge in [0.05, 0.1) is 10.6 Å². The number of benzene rings is 2. The Bertz CT molecular complexity index is 644. The molecule has 0 aromatic heterocycles. The van der Waals surface area contributed by atoms with Gasteiger partial charge in [-0.1, -0.05) is 0 Å². The van der Waals surface area contributed by atoms with Gasteiger partial charge in [0.1, 0.15) is 17.2 Å². The number of rotatable bonds is 3. The summed E-state index contributed by atoms with van der Waals surface area (Å²) in [6.07, 6.45) is 0. The third-order valence-corrected chi connectivity index (χ3v) is 2.29. The molecule has 1 radical (unpaired) electrons. The smallest absolute Gasteiger partial charge is 0.508 e. The number of nitro benzene ring substituents is 1. The van der Waals surface area contributed by atoms with Crippen molar-refractivity contribution >= 4 is 17.1 Å². The maximum absolute atomic E-state index is 10.5. The Morgan fingerprint density at radius 3 is 2.20 bits per heavy atom. The molecular weight excluding hydrogens is 314 g/mol. The third-order valence-electron chi connectivity index (χ3n) is 2.29. The van der Waals surface area contributed by atoms with E-state index >= 15 is 0 Å². The first-order valence-electron chi connectivity index (χ1n) is 5.24. The molecule has 2 rings (SSSR count). The Kier molecular flexibility index (Phi) is 5.19. The Hall–Kier alpha value is -2.44. The summed E-state index contributed by atoms with van der Waals surface area (Å²) in [7, 11) is 0. The van der Waals surface area contributed by atoms with Crippen molar-refractivity contribution in [2.24, 2.45) is 10.2 Å². The molecule has 0 amide bonds. The molecule has 2 aromatic rings. The molecular formula is C12H9CuN3O4+2. The second-order valence-corrected chi connectivity index (χ2v) is 3.65. The maximum Gasteiger partial charge on any atom is 2.00 e. The van der Waals surface area contributed by atoms with Gasteiger partial charge in [-0.05, 0) is 24.3 Å². The number of phenols is 2. The molecule has 0 aliphatic carbocycles. The van der Waals surface area contributed by atoms with Gasteiger partial charge in [0.25, 0.3) is 5.69 Å². The Morgan fingerprint density at radius 1 is 1.00 bits per heavy atom. The molecule has 7 nitrogen and oxygen atoms in total. The number of aromatic hydroxyl groups is 2. The normalized spacial score (nSPS) is 10.2. The molecule has 8 heteroatoms. The van der Waals surface area contributed by atoms with Crippen LogP contribution in [0.15, 0.2) is 52.7 Å². The molecule has 0 fully saturated rings. The summed E-state index contributed by atoms with van der Waals surface area (Å²) in [5.41, 5.74) is 0.570. The van der Waals surface area contributed by atoms with Crippen molar-refractivity contribution in [2.45, 2.75) is 0 Å². The molecule has 0 unspecified atom stereocenters. The summed E-state index contributed by atoms with van der Waals surface area (Å²) in [5.74, 6) is -0.280. The average Bonchev–Trinajstić information content (AvgIpc) is 2.38. The van der Waals surface area contributed by atoms with Crippen molar-refractivity contribution in [3.8, 4) is 11.5 Å². The predicted molar refractivity (Wildman–Crippen MR) is 67.0 cm³/mol. The van der Waals surface area contributed by atoms with E-state index in [9.17, 15) is 15.2 Å². The van der Waals surface area contributed by atoms with Gasteiger partial charge in [0.15, 0.2) is 0 Å². The van der Waals surface area contributed by atoms with Gasteiger partial charge in [0, 0.05) is 18.2 Å². The summed E-state index contributed by atoms with van der Waals surface area (Å²) < 4.78 is 0. The number of azo groups is 1. The van der Waals surface area contributed by atoms with Gasteiger partial charge in [-0.25, -0.2) is 0 Å². The van der Waals surface area contributed by atoms with Crippen molar-refractivity contribution < 1.29 is 32.2 Å². The van der Waals surface area contributed by atoms with Crippen LogP contribution in [0.2, 0.25) is 0 Å². The number of hydrogen-bond acceptors (Lipinski definition) is 6. The van der Waals surface area contributed by atoms with Gasteiger partial charge < -0.3 is 10.2 Å². The van der Waals surface area contributed by atoms with Crippen molar-refractivity contribution in [2.75, 3.05) is 0 Å². The maximum atomic E-state index is 10.5. The summed E-state index contributed by atoms with van der Waals surface area (Å²) in [4.78, 5) is 9.96. The van der Waals surface area contributed by atoms with Crippen LogP contribution in [0.1, 0.15) is 0 Å². The fourth-order valence-electron chi connectivity index (χ4n) is 1.35. The minimum Gasteiger partial charge on any atom is -0.508 e. The molecule has 2 aromatic carbocycles. The van der Waals surface area contributed by atoms with E-state index in [1.54, 1.807) is 0 Å². The van der Waals surface area contributed by atoms with E-state index in [-0.39, 0.29) is 39.9 Å². The van der Waals surface area contributed by atoms with Crippen LogP contribution in [-0.4, -0.2) is 15.1 Å². The zero-order valence-corrected chi connectivity index (χ0v) is 10.8. The molecule has 105 valence electrons. The Labute approximate surface area is 124 Å². The second kappa shape index (κ2) is 6.65. The van der Waals surface area contributed by atoms with Crippen LogP contribution in [-0.2, 0) is 17.1 Å². The van der Waals surface area contributed by atoms with E-state index in [1.807, 2.05) is 0 Å². The van der Waals surface area contributed by atoms with Gasteiger partial charge in [0.2, 0.25) is 0 Å². The van der Waals surface area contributed by atoms with Crippen molar-refractivity contribution in [1.29, 1.82) is 0 Å². The predicted octanol–water partition coefficient (Wildman–Crippen LogP) is 3.42. The van der Waals surface area contributed by atoms with Gasteiger partial charge in [-0.2, -0.15) is 5.11 Å². The Morgan fingerprint density at radius 2 is 1.65 bits per heavy atom. The summed E-state index contributed by atoms with van der Waals surface area (Å²) >= 11 is 0. The van der Waals surface area contributed by atoms with Crippen LogP contribution in [0, 0.1) is 10.1 Å². The van der Waals surface area contributed by atoms with E-state index < -0.39 is 4.92 Å². The monoisotopic (exact) mass is 322 g/mol. The summed E-state index contributed by atoms with van der Waals surface area (Å²) in [5, 5.41) is 36.7. The molecule has 0 spiro atoms. The summed E-state index contributed by atoms with van der Waals surface area (Å²) in [6, 6.07) is 9.42. The van der Waals surface area contributed by atoms with Crippen LogP contribution in [0.4, 0.5) is 17.1 Å². The minimum atomic E-state index is -0.507. The van der Waals surface area contributed by atoms with Crippen molar-refractivity contribution in [1.82, 2.24) is 0 Å². The van der Waals surface area contributed by atoms with Crippen molar-refractivity contribution in [3.05, 3.63) is 52.6 Å². The largest absolute Gasteiger partial charge is 2.00 e. The minimum absolute atomic E-state index is 0. The van der Waals surface area contributed by atoms with Gasteiger partial charge >= 0.3 is 17.1 Å². The topological polar surface area (TPSA) is 108 Å². The molecule has 0 saturated heterocycles. The molecule has 0 atom stereocenters. The SMILES string of the molecule is O=[N+]([O-])c1ccc(N=Nc2ccc(O)cc2O)cc1.[Cu+2]. The van der Waals surface area contributed by atoms with Crippen LogP contribution in [0.25, 0.3) is 0 Å². The van der Waals surface area contributed by atoms with E-state index in [4.69, 9.17) is 5.11 Å². The van der Waals surface area contributed by atoms with Gasteiger partial charge in [-0.3, -0.25) is 10.1 Å². The standard InChI is InChI=1S/C12H9N3O4.Cu/c16-10-5-6-11(12(17)7-10)14-13-8-1-3-9(4-2-8)15(18)19;/h1-7,16-17H;/q;+2. The molecule has 2 N–H and O–H groups in total. The zero-order chi connectivity index (χ0) is 13.8. The zero-order valence-electron chi connectivity index (χ0n) is 9.90. The molecule has 0 aliphatic heterocycles. The third kappa shape index (κ3) is 3.77. The number of nitro groups is 1. The number of non-ortho nitro benzene ring substituents is 1. The van der Waals surface area contributed by atoms with Crippen molar-refractivity contribution in [3.63, 3.8) is 0 Å². The first kappa shape index (κ1) is 15.6. The number of nitrogens with zero attached hydrogens (tertiary/aromatic N) is 3. The Balaban J connectivity index is 0.00000200. The molecule has 0 saturated carbocycles. The molecule has 0 heterocycles. The van der Waals surface area contributed by atoms with Gasteiger partial charge in [-0.15, -0.1) is 5.11 Å².